The molecule has 0 bridgehead atoms. The van der Waals surface area contributed by atoms with Crippen molar-refractivity contribution in [3.63, 3.8) is 0 Å². The van der Waals surface area contributed by atoms with Gasteiger partial charge in [0.1, 0.15) is 6.10 Å². The van der Waals surface area contributed by atoms with E-state index in [0.717, 1.165) is 25.2 Å². The van der Waals surface area contributed by atoms with Crippen LogP contribution in [0.3, 0.4) is 0 Å². The molecule has 0 fully saturated rings. The van der Waals surface area contributed by atoms with E-state index in [1.54, 1.807) is 0 Å². The molecule has 0 aliphatic carbocycles. The fourth-order valence-corrected chi connectivity index (χ4v) is 1.99. The third-order valence-electron chi connectivity index (χ3n) is 3.04. The van der Waals surface area contributed by atoms with Crippen LogP contribution in [0.25, 0.3) is 0 Å². The van der Waals surface area contributed by atoms with E-state index in [9.17, 15) is 0 Å². The zero-order valence-corrected chi connectivity index (χ0v) is 14.1. The van der Waals surface area contributed by atoms with Crippen molar-refractivity contribution in [1.82, 2.24) is 10.3 Å². The Morgan fingerprint density at radius 2 is 1.95 bits per heavy atom. The van der Waals surface area contributed by atoms with Crippen LogP contribution in [0, 0.1) is 5.92 Å². The van der Waals surface area contributed by atoms with Crippen molar-refractivity contribution in [3.8, 4) is 5.88 Å². The molecule has 0 amide bonds. The molecule has 4 heteroatoms. The molecule has 1 N–H and O–H groups in total. The number of hydrogen-bond acceptors (Lipinski definition) is 4. The van der Waals surface area contributed by atoms with Gasteiger partial charge in [-0.2, -0.15) is 0 Å². The monoisotopic (exact) mass is 294 g/mol. The lowest BCUT2D eigenvalue weighted by molar-refractivity contribution is 0.0632. The summed E-state index contributed by atoms with van der Waals surface area (Å²) < 4.78 is 11.2. The predicted molar refractivity (Wildman–Crippen MR) is 86.7 cm³/mol. The van der Waals surface area contributed by atoms with Gasteiger partial charge in [-0.05, 0) is 44.4 Å². The van der Waals surface area contributed by atoms with Crippen molar-refractivity contribution in [2.75, 3.05) is 19.8 Å². The average molecular weight is 294 g/mol. The lowest BCUT2D eigenvalue weighted by atomic mass is 10.2. The van der Waals surface area contributed by atoms with Crippen molar-refractivity contribution < 1.29 is 9.47 Å². The summed E-state index contributed by atoms with van der Waals surface area (Å²) in [6.07, 6.45) is 0.926. The minimum Gasteiger partial charge on any atom is -0.472 e. The molecule has 1 aromatic rings. The van der Waals surface area contributed by atoms with Crippen LogP contribution in [0.2, 0.25) is 0 Å². The van der Waals surface area contributed by atoms with Gasteiger partial charge in [-0.15, -0.1) is 0 Å². The van der Waals surface area contributed by atoms with Crippen molar-refractivity contribution >= 4 is 0 Å². The van der Waals surface area contributed by atoms with E-state index in [1.807, 2.05) is 19.9 Å². The predicted octanol–water partition coefficient (Wildman–Crippen LogP) is 3.19. The summed E-state index contributed by atoms with van der Waals surface area (Å²) >= 11 is 0. The molecule has 120 valence electrons. The van der Waals surface area contributed by atoms with E-state index in [4.69, 9.17) is 9.47 Å². The fraction of sp³-hybridized carbons (Fsp3) is 0.706. The maximum Gasteiger partial charge on any atom is 0.214 e. The van der Waals surface area contributed by atoms with Crippen LogP contribution in [0.1, 0.15) is 45.9 Å². The molecule has 1 heterocycles. The van der Waals surface area contributed by atoms with Crippen molar-refractivity contribution in [3.05, 3.63) is 23.4 Å². The van der Waals surface area contributed by atoms with Gasteiger partial charge >= 0.3 is 0 Å². The summed E-state index contributed by atoms with van der Waals surface area (Å²) in [5.41, 5.74) is 2.29. The summed E-state index contributed by atoms with van der Waals surface area (Å²) in [5, 5.41) is 3.46. The molecule has 0 spiro atoms. The zero-order valence-electron chi connectivity index (χ0n) is 14.1. The van der Waals surface area contributed by atoms with Gasteiger partial charge in [0, 0.05) is 24.9 Å². The SMILES string of the molecule is CCOCC(C)Oc1cc(CNCC(C)C)cc(CC)n1. The highest BCUT2D eigenvalue weighted by molar-refractivity contribution is 5.25. The summed E-state index contributed by atoms with van der Waals surface area (Å²) in [5.74, 6) is 1.35. The van der Waals surface area contributed by atoms with Crippen molar-refractivity contribution in [1.29, 1.82) is 0 Å². The molecule has 1 atom stereocenters. The van der Waals surface area contributed by atoms with Crippen LogP contribution in [0.4, 0.5) is 0 Å². The number of ether oxygens (including phenoxy) is 2. The third kappa shape index (κ3) is 7.44. The number of aryl methyl sites for hydroxylation is 1. The maximum atomic E-state index is 5.86. The third-order valence-corrected chi connectivity index (χ3v) is 3.04. The maximum absolute atomic E-state index is 5.86. The van der Waals surface area contributed by atoms with E-state index in [1.165, 1.54) is 5.56 Å². The Hall–Kier alpha value is -1.13. The molecule has 0 saturated heterocycles. The Balaban J connectivity index is 2.65. The molecule has 4 nitrogen and oxygen atoms in total. The first-order chi connectivity index (χ1) is 10.0. The smallest absolute Gasteiger partial charge is 0.214 e. The minimum atomic E-state index is 0.0148. The summed E-state index contributed by atoms with van der Waals surface area (Å²) in [6, 6.07) is 4.17. The standard InChI is InChI=1S/C17H30N2O2/c1-6-16-8-15(11-18-10-13(3)4)9-17(19-16)21-14(5)12-20-7-2/h8-9,13-14,18H,6-7,10-12H2,1-5H3. The molecule has 0 aliphatic rings. The topological polar surface area (TPSA) is 43.4 Å². The highest BCUT2D eigenvalue weighted by Crippen LogP contribution is 2.15. The summed E-state index contributed by atoms with van der Waals surface area (Å²) in [7, 11) is 0. The van der Waals surface area contributed by atoms with E-state index >= 15 is 0 Å². The molecule has 21 heavy (non-hydrogen) atoms. The van der Waals surface area contributed by atoms with Gasteiger partial charge < -0.3 is 14.8 Å². The second kappa shape index (κ2) is 9.74. The van der Waals surface area contributed by atoms with Crippen molar-refractivity contribution in [2.45, 2.75) is 53.7 Å². The van der Waals surface area contributed by atoms with Crippen LogP contribution in [0.5, 0.6) is 5.88 Å². The van der Waals surface area contributed by atoms with E-state index in [0.29, 0.717) is 25.0 Å². The minimum absolute atomic E-state index is 0.0148. The molecular weight excluding hydrogens is 264 g/mol. The Kier molecular flexibility index (Phi) is 8.31. The van der Waals surface area contributed by atoms with Crippen LogP contribution >= 0.6 is 0 Å². The average Bonchev–Trinajstić information content (AvgIpc) is 2.44. The molecule has 0 radical (unpaired) electrons. The molecule has 0 aromatic carbocycles. The number of pyridine rings is 1. The van der Waals surface area contributed by atoms with E-state index < -0.39 is 0 Å². The number of nitrogens with zero attached hydrogens (tertiary/aromatic N) is 1. The molecular formula is C17H30N2O2. The number of aromatic nitrogens is 1. The first-order valence-corrected chi connectivity index (χ1v) is 8.00. The van der Waals surface area contributed by atoms with Gasteiger partial charge in [0.2, 0.25) is 5.88 Å². The molecule has 0 aliphatic heterocycles. The lowest BCUT2D eigenvalue weighted by Gasteiger charge is -2.16. The van der Waals surface area contributed by atoms with Gasteiger partial charge in [0.25, 0.3) is 0 Å². The van der Waals surface area contributed by atoms with Gasteiger partial charge in [-0.1, -0.05) is 20.8 Å². The molecule has 1 unspecified atom stereocenters. The second-order valence-electron chi connectivity index (χ2n) is 5.77. The molecule has 1 aromatic heterocycles. The quantitative estimate of drug-likeness (QED) is 0.719. The van der Waals surface area contributed by atoms with Crippen LogP contribution in [-0.2, 0) is 17.7 Å². The van der Waals surface area contributed by atoms with E-state index in [-0.39, 0.29) is 6.10 Å². The van der Waals surface area contributed by atoms with Crippen LogP contribution < -0.4 is 10.1 Å². The number of nitrogens with one attached hydrogen (secondary N) is 1. The van der Waals surface area contributed by atoms with Gasteiger partial charge in [0.15, 0.2) is 0 Å². The summed E-state index contributed by atoms with van der Waals surface area (Å²) in [6.45, 7) is 13.7. The van der Waals surface area contributed by atoms with E-state index in [2.05, 4.69) is 37.1 Å². The Bertz CT molecular complexity index is 408. The highest BCUT2D eigenvalue weighted by Gasteiger charge is 2.08. The van der Waals surface area contributed by atoms with Crippen molar-refractivity contribution in [2.24, 2.45) is 5.92 Å². The zero-order chi connectivity index (χ0) is 15.7. The second-order valence-corrected chi connectivity index (χ2v) is 5.77. The van der Waals surface area contributed by atoms with Crippen LogP contribution in [0.15, 0.2) is 12.1 Å². The van der Waals surface area contributed by atoms with Gasteiger partial charge in [-0.25, -0.2) is 4.98 Å². The Morgan fingerprint density at radius 1 is 1.19 bits per heavy atom. The van der Waals surface area contributed by atoms with Crippen LogP contribution in [-0.4, -0.2) is 30.8 Å². The number of rotatable bonds is 10. The normalized spacial score (nSPS) is 12.7. The fourth-order valence-electron chi connectivity index (χ4n) is 1.99. The lowest BCUT2D eigenvalue weighted by Crippen LogP contribution is -2.21. The molecule has 0 saturated carbocycles. The first kappa shape index (κ1) is 17.9. The Morgan fingerprint density at radius 3 is 2.57 bits per heavy atom. The van der Waals surface area contributed by atoms with Gasteiger partial charge in [0.05, 0.1) is 6.61 Å². The number of hydrogen-bond donors (Lipinski definition) is 1. The highest BCUT2D eigenvalue weighted by atomic mass is 16.5. The molecule has 1 rings (SSSR count). The largest absolute Gasteiger partial charge is 0.472 e. The first-order valence-electron chi connectivity index (χ1n) is 8.00. The Labute approximate surface area is 129 Å². The van der Waals surface area contributed by atoms with Gasteiger partial charge in [-0.3, -0.25) is 0 Å². The summed E-state index contributed by atoms with van der Waals surface area (Å²) in [4.78, 5) is 4.54.